The molecule has 0 bridgehead atoms. The molecule has 5 nitrogen and oxygen atoms in total. The lowest BCUT2D eigenvalue weighted by Gasteiger charge is -2.26. The largest absolute Gasteiger partial charge is 0.310 e. The lowest BCUT2D eigenvalue weighted by Crippen LogP contribution is -2.10. The summed E-state index contributed by atoms with van der Waals surface area (Å²) in [5, 5.41) is 0. The van der Waals surface area contributed by atoms with Crippen molar-refractivity contribution in [1.29, 1.82) is 0 Å². The van der Waals surface area contributed by atoms with Gasteiger partial charge in [0.05, 0.1) is 22.1 Å². The monoisotopic (exact) mass is 647 g/mol. The Kier molecular flexibility index (Phi) is 7.25. The van der Waals surface area contributed by atoms with Crippen molar-refractivity contribution in [2.75, 3.05) is 4.90 Å². The Labute approximate surface area is 288 Å². The zero-order valence-corrected chi connectivity index (χ0v) is 26.9. The zero-order valence-electron chi connectivity index (χ0n) is 26.9. The zero-order chi connectivity index (χ0) is 33.4. The number of benzene rings is 7. The third-order valence-electron chi connectivity index (χ3n) is 8.96. The molecule has 0 fully saturated rings. The van der Waals surface area contributed by atoms with Crippen molar-refractivity contribution < 1.29 is 4.39 Å². The summed E-state index contributed by atoms with van der Waals surface area (Å²) in [5.41, 5.74) is 10.5. The number of imidazole rings is 2. The van der Waals surface area contributed by atoms with E-state index in [0.717, 1.165) is 73.3 Å². The quantitative estimate of drug-likeness (QED) is 0.173. The molecule has 0 N–H and O–H groups in total. The second kappa shape index (κ2) is 12.3. The summed E-state index contributed by atoms with van der Waals surface area (Å²) in [7, 11) is 0. The highest BCUT2D eigenvalue weighted by molar-refractivity contribution is 5.87. The molecule has 238 valence electrons. The average molecular weight is 648 g/mol. The molecule has 0 aliphatic heterocycles. The molecule has 0 atom stereocenters. The average Bonchev–Trinajstić information content (AvgIpc) is 3.76. The Morgan fingerprint density at radius 1 is 0.400 bits per heavy atom. The number of rotatable bonds is 7. The van der Waals surface area contributed by atoms with E-state index in [-0.39, 0.29) is 5.82 Å². The van der Waals surface area contributed by atoms with E-state index < -0.39 is 0 Å². The molecule has 0 saturated carbocycles. The fraction of sp³-hybridized carbons (Fsp3) is 0. The fourth-order valence-corrected chi connectivity index (χ4v) is 6.72. The molecule has 0 radical (unpaired) electrons. The molecular formula is C44H30FN5. The highest BCUT2D eigenvalue weighted by Crippen LogP contribution is 2.39. The highest BCUT2D eigenvalue weighted by Gasteiger charge is 2.20. The van der Waals surface area contributed by atoms with Gasteiger partial charge in [0, 0.05) is 39.6 Å². The number of hydrogen-bond acceptors (Lipinski definition) is 3. The first kappa shape index (κ1) is 29.4. The van der Waals surface area contributed by atoms with Crippen LogP contribution in [0.15, 0.2) is 182 Å². The van der Waals surface area contributed by atoms with Gasteiger partial charge in [-0.15, -0.1) is 0 Å². The number of halogens is 1. The van der Waals surface area contributed by atoms with Crippen molar-refractivity contribution >= 4 is 39.1 Å². The van der Waals surface area contributed by atoms with Gasteiger partial charge in [-0.05, 0) is 97.1 Å². The second-order valence-corrected chi connectivity index (χ2v) is 12.1. The van der Waals surface area contributed by atoms with Crippen molar-refractivity contribution in [3.63, 3.8) is 0 Å². The van der Waals surface area contributed by atoms with Gasteiger partial charge in [0.2, 0.25) is 0 Å². The van der Waals surface area contributed by atoms with Crippen LogP contribution in [0.4, 0.5) is 21.5 Å². The summed E-state index contributed by atoms with van der Waals surface area (Å²) in [5.74, 6) is 1.39. The van der Waals surface area contributed by atoms with Crippen LogP contribution in [0, 0.1) is 5.82 Å². The number of anilines is 3. The lowest BCUT2D eigenvalue weighted by atomic mass is 10.1. The molecule has 0 aliphatic rings. The summed E-state index contributed by atoms with van der Waals surface area (Å²) in [4.78, 5) is 12.4. The van der Waals surface area contributed by atoms with Gasteiger partial charge in [0.1, 0.15) is 17.5 Å². The maximum atomic E-state index is 14.3. The molecule has 2 aromatic heterocycles. The van der Waals surface area contributed by atoms with Crippen molar-refractivity contribution in [1.82, 2.24) is 19.1 Å². The summed E-state index contributed by atoms with van der Waals surface area (Å²) in [6, 6.07) is 60.3. The van der Waals surface area contributed by atoms with Gasteiger partial charge in [-0.1, -0.05) is 84.9 Å². The third-order valence-corrected chi connectivity index (χ3v) is 8.96. The van der Waals surface area contributed by atoms with E-state index in [4.69, 9.17) is 9.97 Å². The minimum Gasteiger partial charge on any atom is -0.310 e. The molecule has 0 spiro atoms. The first-order valence-electron chi connectivity index (χ1n) is 16.5. The molecular weight excluding hydrogens is 618 g/mol. The van der Waals surface area contributed by atoms with Gasteiger partial charge in [0.15, 0.2) is 0 Å². The first-order chi connectivity index (χ1) is 24.7. The van der Waals surface area contributed by atoms with Gasteiger partial charge >= 0.3 is 0 Å². The van der Waals surface area contributed by atoms with Crippen LogP contribution in [0.1, 0.15) is 0 Å². The molecule has 2 heterocycles. The Balaban J connectivity index is 1.22. The van der Waals surface area contributed by atoms with Gasteiger partial charge < -0.3 is 4.90 Å². The molecule has 0 aliphatic carbocycles. The number of aromatic nitrogens is 4. The molecule has 7 aromatic carbocycles. The maximum absolute atomic E-state index is 14.3. The van der Waals surface area contributed by atoms with E-state index >= 15 is 0 Å². The van der Waals surface area contributed by atoms with Crippen LogP contribution in [-0.2, 0) is 0 Å². The van der Waals surface area contributed by atoms with Gasteiger partial charge in [-0.25, -0.2) is 14.4 Å². The van der Waals surface area contributed by atoms with Gasteiger partial charge in [-0.3, -0.25) is 9.13 Å². The predicted molar refractivity (Wildman–Crippen MR) is 201 cm³/mol. The van der Waals surface area contributed by atoms with Crippen LogP contribution in [0.3, 0.4) is 0 Å². The Bertz CT molecular complexity index is 2450. The SMILES string of the molecule is Fc1ccc(N(c2cccc(-c3nc4ccccc4n3-c3ccccc3)c2)c2cccc(-c3nc4ccccc4n3-c3ccccc3)c2)cc1. The van der Waals surface area contributed by atoms with Crippen molar-refractivity contribution in [3.05, 3.63) is 188 Å². The Hall–Kier alpha value is -6.79. The molecule has 6 heteroatoms. The molecule has 0 saturated heterocycles. The number of para-hydroxylation sites is 6. The molecule has 50 heavy (non-hydrogen) atoms. The van der Waals surface area contributed by atoms with Crippen LogP contribution in [0.5, 0.6) is 0 Å². The summed E-state index contributed by atoms with van der Waals surface area (Å²) in [6.07, 6.45) is 0. The van der Waals surface area contributed by atoms with E-state index in [1.807, 2.05) is 84.9 Å². The van der Waals surface area contributed by atoms with E-state index in [1.165, 1.54) is 12.1 Å². The van der Waals surface area contributed by atoms with E-state index in [0.29, 0.717) is 0 Å². The smallest absolute Gasteiger partial charge is 0.145 e. The maximum Gasteiger partial charge on any atom is 0.145 e. The van der Waals surface area contributed by atoms with E-state index in [2.05, 4.69) is 99.0 Å². The van der Waals surface area contributed by atoms with E-state index in [1.54, 1.807) is 0 Å². The van der Waals surface area contributed by atoms with Crippen LogP contribution in [-0.4, -0.2) is 19.1 Å². The number of nitrogens with zero attached hydrogens (tertiary/aromatic N) is 5. The normalized spacial score (nSPS) is 11.3. The molecule has 0 unspecified atom stereocenters. The van der Waals surface area contributed by atoms with Crippen LogP contribution >= 0.6 is 0 Å². The minimum atomic E-state index is -0.288. The molecule has 9 aromatic rings. The van der Waals surface area contributed by atoms with Crippen molar-refractivity contribution in [2.24, 2.45) is 0 Å². The summed E-state index contributed by atoms with van der Waals surface area (Å²) >= 11 is 0. The lowest BCUT2D eigenvalue weighted by molar-refractivity contribution is 0.628. The van der Waals surface area contributed by atoms with Crippen LogP contribution in [0.25, 0.3) is 56.2 Å². The van der Waals surface area contributed by atoms with Crippen molar-refractivity contribution in [2.45, 2.75) is 0 Å². The van der Waals surface area contributed by atoms with Crippen molar-refractivity contribution in [3.8, 4) is 34.2 Å². The van der Waals surface area contributed by atoms with Crippen LogP contribution in [0.2, 0.25) is 0 Å². The Morgan fingerprint density at radius 2 is 0.840 bits per heavy atom. The topological polar surface area (TPSA) is 38.9 Å². The summed E-state index contributed by atoms with van der Waals surface area (Å²) < 4.78 is 18.7. The summed E-state index contributed by atoms with van der Waals surface area (Å²) in [6.45, 7) is 0. The minimum absolute atomic E-state index is 0.288. The molecule has 9 rings (SSSR count). The van der Waals surface area contributed by atoms with Gasteiger partial charge in [0.25, 0.3) is 0 Å². The van der Waals surface area contributed by atoms with Gasteiger partial charge in [-0.2, -0.15) is 0 Å². The fourth-order valence-electron chi connectivity index (χ4n) is 6.72. The third kappa shape index (κ3) is 5.20. The Morgan fingerprint density at radius 3 is 1.32 bits per heavy atom. The highest BCUT2D eigenvalue weighted by atomic mass is 19.1. The second-order valence-electron chi connectivity index (χ2n) is 12.1. The predicted octanol–water partition coefficient (Wildman–Crippen LogP) is 11.3. The standard InChI is InChI=1S/C44H30FN5/c45-33-25-27-36(28-26-33)48(37-19-11-13-31(29-37)43-46-39-21-7-9-23-41(39)49(43)34-15-3-1-4-16-34)38-20-12-14-32(30-38)44-47-40-22-8-10-24-42(40)50(44)35-17-5-2-6-18-35/h1-30H. The van der Waals surface area contributed by atoms with E-state index in [9.17, 15) is 4.39 Å². The first-order valence-corrected chi connectivity index (χ1v) is 16.5. The number of fused-ring (bicyclic) bond motifs is 2. The number of hydrogen-bond donors (Lipinski definition) is 0. The molecule has 0 amide bonds. The van der Waals surface area contributed by atoms with Crippen LogP contribution < -0.4 is 4.90 Å².